The number of nitrogens with one attached hydrogen (secondary N) is 1. The van der Waals surface area contributed by atoms with Crippen LogP contribution in [0.2, 0.25) is 0 Å². The van der Waals surface area contributed by atoms with Gasteiger partial charge in [0.25, 0.3) is 5.91 Å². The van der Waals surface area contributed by atoms with Crippen LogP contribution in [0.3, 0.4) is 0 Å². The second-order valence-electron chi connectivity index (χ2n) is 8.31. The van der Waals surface area contributed by atoms with Gasteiger partial charge in [0.1, 0.15) is 10.9 Å². The molecule has 1 aromatic heterocycles. The molecule has 2 aliphatic heterocycles. The van der Waals surface area contributed by atoms with Gasteiger partial charge in [0.15, 0.2) is 5.84 Å². The van der Waals surface area contributed by atoms with E-state index in [-0.39, 0.29) is 17.2 Å². The molecule has 0 aliphatic carbocycles. The summed E-state index contributed by atoms with van der Waals surface area (Å²) in [7, 11) is 0. The number of nitrogens with zero attached hydrogens (tertiary/aromatic N) is 4. The van der Waals surface area contributed by atoms with Crippen molar-refractivity contribution in [3.63, 3.8) is 0 Å². The fourth-order valence-electron chi connectivity index (χ4n) is 4.14. The molecule has 170 valence electrons. The number of carbonyl (C=O) groups excluding carboxylic acids is 1. The van der Waals surface area contributed by atoms with E-state index in [1.807, 2.05) is 26.0 Å². The van der Waals surface area contributed by atoms with Crippen LogP contribution >= 0.6 is 11.8 Å². The number of amides is 1. The summed E-state index contributed by atoms with van der Waals surface area (Å²) < 4.78 is 15.4. The largest absolute Gasteiger partial charge is 0.318 e. The lowest BCUT2D eigenvalue weighted by Gasteiger charge is -2.20. The third-order valence-electron chi connectivity index (χ3n) is 6.13. The quantitative estimate of drug-likeness (QED) is 0.512. The zero-order valence-electron chi connectivity index (χ0n) is 19.2. The number of hydrazone groups is 1. The summed E-state index contributed by atoms with van der Waals surface area (Å²) in [6, 6.07) is 14.1. The topological polar surface area (TPSA) is 73.8 Å². The zero-order chi connectivity index (χ0) is 24.1. The van der Waals surface area contributed by atoms with Crippen molar-refractivity contribution in [3.8, 4) is 5.69 Å². The van der Waals surface area contributed by atoms with Crippen molar-refractivity contribution < 1.29 is 9.18 Å². The second-order valence-corrected chi connectivity index (χ2v) is 9.27. The third kappa shape index (κ3) is 3.60. The first-order chi connectivity index (χ1) is 16.2. The normalized spacial score (nSPS) is 16.7. The van der Waals surface area contributed by atoms with Crippen LogP contribution in [-0.4, -0.2) is 31.5 Å². The molecular formula is C26H22FN5OS. The molecule has 8 heteroatoms. The molecule has 0 spiro atoms. The Kier molecular flexibility index (Phi) is 5.32. The fraction of sp³-hybridized carbons (Fsp3) is 0.154. The van der Waals surface area contributed by atoms with Crippen molar-refractivity contribution in [1.82, 2.24) is 9.58 Å². The number of halogens is 1. The summed E-state index contributed by atoms with van der Waals surface area (Å²) in [5.74, 6) is -0.846. The fourth-order valence-corrected chi connectivity index (χ4v) is 5.04. The summed E-state index contributed by atoms with van der Waals surface area (Å²) in [5.41, 5.74) is 7.22. The Balaban J connectivity index is 1.52. The van der Waals surface area contributed by atoms with Gasteiger partial charge in [-0.05, 0) is 98.6 Å². The molecule has 2 aliphatic rings. The minimum absolute atomic E-state index is 0.0313. The van der Waals surface area contributed by atoms with Crippen LogP contribution in [-0.2, 0) is 4.79 Å². The van der Waals surface area contributed by atoms with Gasteiger partial charge in [-0.15, -0.1) is 0 Å². The SMILES string of the molecule is Cc1cccc(-n2c(C)cc(/C=C3/C(=N)N4N=C(c5ccc(F)cc5)SC4=NC3=O)c2C)c1C. The summed E-state index contributed by atoms with van der Waals surface area (Å²) in [6.07, 6.45) is 1.71. The highest BCUT2D eigenvalue weighted by Crippen LogP contribution is 2.32. The summed E-state index contributed by atoms with van der Waals surface area (Å²) in [4.78, 5) is 17.0. The molecule has 0 saturated heterocycles. The number of aliphatic imine (C=N–C) groups is 1. The molecule has 0 unspecified atom stereocenters. The molecule has 3 heterocycles. The molecule has 0 fully saturated rings. The monoisotopic (exact) mass is 471 g/mol. The van der Waals surface area contributed by atoms with Gasteiger partial charge in [0, 0.05) is 22.6 Å². The van der Waals surface area contributed by atoms with Gasteiger partial charge in [-0.3, -0.25) is 10.2 Å². The Labute approximate surface area is 201 Å². The number of aryl methyl sites for hydroxylation is 2. The molecule has 2 aromatic carbocycles. The molecule has 6 nitrogen and oxygen atoms in total. The van der Waals surface area contributed by atoms with E-state index in [0.717, 1.165) is 22.6 Å². The number of amidine groups is 2. The Hall–Kier alpha value is -3.78. The molecule has 5 rings (SSSR count). The summed E-state index contributed by atoms with van der Waals surface area (Å²) >= 11 is 1.19. The molecule has 0 bridgehead atoms. The molecule has 0 radical (unpaired) electrons. The van der Waals surface area contributed by atoms with E-state index in [4.69, 9.17) is 5.41 Å². The Morgan fingerprint density at radius 2 is 1.79 bits per heavy atom. The van der Waals surface area contributed by atoms with Crippen LogP contribution in [0.25, 0.3) is 11.8 Å². The molecule has 0 saturated carbocycles. The Morgan fingerprint density at radius 3 is 2.53 bits per heavy atom. The number of carbonyl (C=O) groups is 1. The first-order valence-corrected chi connectivity index (χ1v) is 11.6. The van der Waals surface area contributed by atoms with Crippen LogP contribution < -0.4 is 0 Å². The lowest BCUT2D eigenvalue weighted by Crippen LogP contribution is -2.35. The number of hydrogen-bond acceptors (Lipinski definition) is 4. The first-order valence-electron chi connectivity index (χ1n) is 10.8. The van der Waals surface area contributed by atoms with Crippen LogP contribution in [0.5, 0.6) is 0 Å². The Morgan fingerprint density at radius 1 is 1.06 bits per heavy atom. The van der Waals surface area contributed by atoms with E-state index in [1.54, 1.807) is 18.2 Å². The van der Waals surface area contributed by atoms with Crippen LogP contribution in [0.15, 0.2) is 64.2 Å². The zero-order valence-corrected chi connectivity index (χ0v) is 20.0. The van der Waals surface area contributed by atoms with E-state index in [2.05, 4.69) is 40.6 Å². The molecule has 3 aromatic rings. The highest BCUT2D eigenvalue weighted by Gasteiger charge is 2.36. The molecule has 0 atom stereocenters. The van der Waals surface area contributed by atoms with E-state index < -0.39 is 5.91 Å². The number of hydrogen-bond donors (Lipinski definition) is 1. The lowest BCUT2D eigenvalue weighted by molar-refractivity contribution is -0.114. The van der Waals surface area contributed by atoms with Crippen molar-refractivity contribution in [2.45, 2.75) is 27.7 Å². The van der Waals surface area contributed by atoms with E-state index in [0.29, 0.717) is 15.8 Å². The molecule has 34 heavy (non-hydrogen) atoms. The smallest absolute Gasteiger partial charge is 0.283 e. The lowest BCUT2D eigenvalue weighted by atomic mass is 10.1. The van der Waals surface area contributed by atoms with Crippen molar-refractivity contribution >= 4 is 39.8 Å². The number of benzene rings is 2. The average Bonchev–Trinajstić information content (AvgIpc) is 3.34. The number of rotatable bonds is 3. The van der Waals surface area contributed by atoms with Crippen molar-refractivity contribution in [3.05, 3.63) is 93.6 Å². The van der Waals surface area contributed by atoms with Gasteiger partial charge in [-0.2, -0.15) is 15.1 Å². The highest BCUT2D eigenvalue weighted by atomic mass is 32.2. The first kappa shape index (κ1) is 22.0. The predicted molar refractivity (Wildman–Crippen MR) is 135 cm³/mol. The highest BCUT2D eigenvalue weighted by molar-refractivity contribution is 8.27. The van der Waals surface area contributed by atoms with Gasteiger partial charge in [0.2, 0.25) is 5.17 Å². The molecule has 1 N–H and O–H groups in total. The number of thioether (sulfide) groups is 1. The minimum atomic E-state index is -0.476. The average molecular weight is 472 g/mol. The van der Waals surface area contributed by atoms with Gasteiger partial charge in [0.05, 0.1) is 5.57 Å². The maximum atomic E-state index is 13.3. The van der Waals surface area contributed by atoms with Crippen molar-refractivity contribution in [2.24, 2.45) is 10.1 Å². The van der Waals surface area contributed by atoms with E-state index in [9.17, 15) is 9.18 Å². The third-order valence-corrected chi connectivity index (χ3v) is 7.09. The predicted octanol–water partition coefficient (Wildman–Crippen LogP) is 5.52. The van der Waals surface area contributed by atoms with Crippen LogP contribution in [0.4, 0.5) is 4.39 Å². The summed E-state index contributed by atoms with van der Waals surface area (Å²) in [5, 5.41) is 15.4. The maximum absolute atomic E-state index is 13.3. The maximum Gasteiger partial charge on any atom is 0.283 e. The molecule has 1 amide bonds. The Bertz CT molecular complexity index is 1460. The van der Waals surface area contributed by atoms with Crippen molar-refractivity contribution in [1.29, 1.82) is 5.41 Å². The molecular weight excluding hydrogens is 449 g/mol. The van der Waals surface area contributed by atoms with Gasteiger partial charge in [-0.25, -0.2) is 4.39 Å². The summed E-state index contributed by atoms with van der Waals surface area (Å²) in [6.45, 7) is 8.21. The van der Waals surface area contributed by atoms with E-state index in [1.165, 1.54) is 40.0 Å². The van der Waals surface area contributed by atoms with Gasteiger partial charge < -0.3 is 4.57 Å². The van der Waals surface area contributed by atoms with Crippen LogP contribution in [0.1, 0.15) is 33.6 Å². The van der Waals surface area contributed by atoms with Crippen molar-refractivity contribution in [2.75, 3.05) is 0 Å². The second kappa shape index (κ2) is 8.22. The number of fused-ring (bicyclic) bond motifs is 1. The minimum Gasteiger partial charge on any atom is -0.318 e. The van der Waals surface area contributed by atoms with Gasteiger partial charge in [-0.1, -0.05) is 12.1 Å². The van der Waals surface area contributed by atoms with Crippen LogP contribution in [0, 0.1) is 38.9 Å². The standard InChI is InChI=1S/C26H22FN5OS/c1-14-6-5-7-22(16(14)3)31-15(2)12-19(17(31)4)13-21-23(28)32-26(29-24(21)33)34-25(30-32)18-8-10-20(27)11-9-18/h5-13,28H,1-4H3/b21-13-,28-23?. The van der Waals surface area contributed by atoms with Gasteiger partial charge >= 0.3 is 0 Å². The van der Waals surface area contributed by atoms with E-state index >= 15 is 0 Å². The number of aromatic nitrogens is 1.